The monoisotopic (exact) mass is 308 g/mol. The molecule has 118 valence electrons. The maximum Gasteiger partial charge on any atom is 0.252 e. The Balaban J connectivity index is 1.85. The topological polar surface area (TPSA) is 72.2 Å². The maximum atomic E-state index is 12.7. The molecule has 1 fully saturated rings. The summed E-state index contributed by atoms with van der Waals surface area (Å²) in [5, 5.41) is 2.98. The predicted molar refractivity (Wildman–Crippen MR) is 89.3 cm³/mol. The lowest BCUT2D eigenvalue weighted by atomic mass is 9.97. The van der Waals surface area contributed by atoms with Crippen LogP contribution in [0, 0.1) is 5.92 Å². The molecule has 4 nitrogen and oxygen atoms in total. The Bertz CT molecular complexity index is 708. The van der Waals surface area contributed by atoms with Crippen molar-refractivity contribution in [2.75, 3.05) is 6.54 Å². The van der Waals surface area contributed by atoms with E-state index >= 15 is 0 Å². The summed E-state index contributed by atoms with van der Waals surface area (Å²) >= 11 is 0. The van der Waals surface area contributed by atoms with Crippen LogP contribution >= 0.6 is 0 Å². The van der Waals surface area contributed by atoms with Crippen molar-refractivity contribution in [2.24, 2.45) is 11.7 Å². The molecule has 0 bridgehead atoms. The van der Waals surface area contributed by atoms with Crippen molar-refractivity contribution in [3.8, 4) is 0 Å². The first-order chi connectivity index (χ1) is 11.2. The molecule has 4 heteroatoms. The molecular weight excluding hydrogens is 288 g/mol. The van der Waals surface area contributed by atoms with Crippen LogP contribution in [0.2, 0.25) is 0 Å². The van der Waals surface area contributed by atoms with Gasteiger partial charge in [-0.25, -0.2) is 0 Å². The van der Waals surface area contributed by atoms with E-state index < -0.39 is 0 Å². The number of ketones is 1. The highest BCUT2D eigenvalue weighted by Gasteiger charge is 2.32. The zero-order valence-electron chi connectivity index (χ0n) is 12.9. The van der Waals surface area contributed by atoms with E-state index in [0.29, 0.717) is 29.2 Å². The van der Waals surface area contributed by atoms with Gasteiger partial charge in [-0.15, -0.1) is 0 Å². The fourth-order valence-electron chi connectivity index (χ4n) is 2.74. The van der Waals surface area contributed by atoms with E-state index in [1.807, 2.05) is 18.2 Å². The van der Waals surface area contributed by atoms with Gasteiger partial charge >= 0.3 is 0 Å². The molecule has 0 radical (unpaired) electrons. The van der Waals surface area contributed by atoms with Crippen LogP contribution in [0.25, 0.3) is 0 Å². The van der Waals surface area contributed by atoms with Crippen LogP contribution < -0.4 is 11.1 Å². The van der Waals surface area contributed by atoms with Gasteiger partial charge in [-0.2, -0.15) is 0 Å². The van der Waals surface area contributed by atoms with Crippen LogP contribution in [0.5, 0.6) is 0 Å². The molecule has 1 aliphatic rings. The minimum absolute atomic E-state index is 0.0117. The molecule has 3 N–H and O–H groups in total. The molecule has 1 atom stereocenters. The summed E-state index contributed by atoms with van der Waals surface area (Å²) in [7, 11) is 0. The largest absolute Gasteiger partial charge is 0.348 e. The van der Waals surface area contributed by atoms with E-state index in [9.17, 15) is 9.59 Å². The number of hydrogen-bond acceptors (Lipinski definition) is 3. The first kappa shape index (κ1) is 15.4. The highest BCUT2D eigenvalue weighted by Crippen LogP contribution is 2.32. The van der Waals surface area contributed by atoms with Crippen molar-refractivity contribution < 1.29 is 9.59 Å². The van der Waals surface area contributed by atoms with Crippen molar-refractivity contribution in [1.82, 2.24) is 5.32 Å². The second-order valence-corrected chi connectivity index (χ2v) is 5.89. The summed E-state index contributed by atoms with van der Waals surface area (Å²) in [6, 6.07) is 15.9. The second-order valence-electron chi connectivity index (χ2n) is 5.89. The zero-order valence-corrected chi connectivity index (χ0v) is 12.9. The normalized spacial score (nSPS) is 15.0. The molecule has 1 aliphatic carbocycles. The molecular formula is C19H20N2O2. The lowest BCUT2D eigenvalue weighted by Gasteiger charge is -2.17. The van der Waals surface area contributed by atoms with Gasteiger partial charge in [0.15, 0.2) is 5.78 Å². The first-order valence-corrected chi connectivity index (χ1v) is 7.90. The Morgan fingerprint density at radius 1 is 1.00 bits per heavy atom. The standard InChI is InChI=1S/C19H20N2O2/c20-12-17(13-10-11-13)21-19(23)16-9-5-4-8-15(16)18(22)14-6-2-1-3-7-14/h1-9,13,17H,10-12,20H2,(H,21,23). The Labute approximate surface area is 135 Å². The second kappa shape index (κ2) is 6.75. The molecule has 0 saturated heterocycles. The van der Waals surface area contributed by atoms with Gasteiger partial charge in [0, 0.05) is 23.7 Å². The molecule has 1 saturated carbocycles. The van der Waals surface area contributed by atoms with E-state index in [2.05, 4.69) is 5.32 Å². The predicted octanol–water partition coefficient (Wildman–Crippen LogP) is 2.38. The third kappa shape index (κ3) is 3.48. The Morgan fingerprint density at radius 2 is 1.61 bits per heavy atom. The van der Waals surface area contributed by atoms with Crippen molar-refractivity contribution in [3.05, 3.63) is 71.3 Å². The number of nitrogens with one attached hydrogen (secondary N) is 1. The van der Waals surface area contributed by atoms with Crippen molar-refractivity contribution >= 4 is 11.7 Å². The number of rotatable bonds is 6. The minimum Gasteiger partial charge on any atom is -0.348 e. The lowest BCUT2D eigenvalue weighted by Crippen LogP contribution is -2.42. The summed E-state index contributed by atoms with van der Waals surface area (Å²) < 4.78 is 0. The van der Waals surface area contributed by atoms with E-state index in [1.54, 1.807) is 36.4 Å². The van der Waals surface area contributed by atoms with E-state index in [0.717, 1.165) is 12.8 Å². The van der Waals surface area contributed by atoms with Crippen LogP contribution in [-0.2, 0) is 0 Å². The highest BCUT2D eigenvalue weighted by atomic mass is 16.2. The minimum atomic E-state index is -0.229. The summed E-state index contributed by atoms with van der Waals surface area (Å²) in [6.07, 6.45) is 2.21. The average Bonchev–Trinajstić information content (AvgIpc) is 3.44. The van der Waals surface area contributed by atoms with Crippen LogP contribution in [0.1, 0.15) is 39.1 Å². The van der Waals surface area contributed by atoms with Crippen LogP contribution in [0.15, 0.2) is 54.6 Å². The molecule has 23 heavy (non-hydrogen) atoms. The Hall–Kier alpha value is -2.46. The van der Waals surface area contributed by atoms with E-state index in [1.165, 1.54) is 0 Å². The number of carbonyl (C=O) groups excluding carboxylic acids is 2. The average molecular weight is 308 g/mol. The quantitative estimate of drug-likeness (QED) is 0.805. The summed E-state index contributed by atoms with van der Waals surface area (Å²) in [5.74, 6) is 0.0974. The summed E-state index contributed by atoms with van der Waals surface area (Å²) in [6.45, 7) is 0.422. The van der Waals surface area contributed by atoms with Crippen molar-refractivity contribution in [1.29, 1.82) is 0 Å². The van der Waals surface area contributed by atoms with Gasteiger partial charge < -0.3 is 11.1 Å². The Kier molecular flexibility index (Phi) is 4.53. The fourth-order valence-corrected chi connectivity index (χ4v) is 2.74. The van der Waals surface area contributed by atoms with Gasteiger partial charge in [-0.1, -0.05) is 48.5 Å². The molecule has 0 spiro atoms. The van der Waals surface area contributed by atoms with Gasteiger partial charge in [0.05, 0.1) is 5.56 Å². The molecule has 0 heterocycles. The lowest BCUT2D eigenvalue weighted by molar-refractivity contribution is 0.0923. The van der Waals surface area contributed by atoms with Crippen LogP contribution in [0.3, 0.4) is 0 Å². The molecule has 2 aromatic carbocycles. The molecule has 0 aromatic heterocycles. The smallest absolute Gasteiger partial charge is 0.252 e. The summed E-state index contributed by atoms with van der Waals surface area (Å²) in [5.41, 5.74) is 7.14. The number of carbonyl (C=O) groups is 2. The van der Waals surface area contributed by atoms with Gasteiger partial charge in [0.2, 0.25) is 0 Å². The highest BCUT2D eigenvalue weighted by molar-refractivity contribution is 6.15. The van der Waals surface area contributed by atoms with Crippen molar-refractivity contribution in [3.63, 3.8) is 0 Å². The molecule has 2 aromatic rings. The van der Waals surface area contributed by atoms with Crippen molar-refractivity contribution in [2.45, 2.75) is 18.9 Å². The van der Waals surface area contributed by atoms with E-state index in [-0.39, 0.29) is 17.7 Å². The number of hydrogen-bond donors (Lipinski definition) is 2. The van der Waals surface area contributed by atoms with Crippen LogP contribution in [0.4, 0.5) is 0 Å². The van der Waals surface area contributed by atoms with Gasteiger partial charge in [0.1, 0.15) is 0 Å². The Morgan fingerprint density at radius 3 is 2.22 bits per heavy atom. The van der Waals surface area contributed by atoms with Gasteiger partial charge in [-0.3, -0.25) is 9.59 Å². The van der Waals surface area contributed by atoms with Gasteiger partial charge in [0.25, 0.3) is 5.91 Å². The third-order valence-electron chi connectivity index (χ3n) is 4.21. The summed E-state index contributed by atoms with van der Waals surface area (Å²) in [4.78, 5) is 25.3. The molecule has 1 unspecified atom stereocenters. The molecule has 3 rings (SSSR count). The SMILES string of the molecule is NCC(NC(=O)c1ccccc1C(=O)c1ccccc1)C1CC1. The number of amides is 1. The zero-order chi connectivity index (χ0) is 16.2. The van der Waals surface area contributed by atoms with E-state index in [4.69, 9.17) is 5.73 Å². The van der Waals surface area contributed by atoms with Gasteiger partial charge in [-0.05, 0) is 24.8 Å². The fraction of sp³-hybridized carbons (Fsp3) is 0.263. The first-order valence-electron chi connectivity index (χ1n) is 7.90. The molecule has 1 amide bonds. The number of benzene rings is 2. The molecule has 0 aliphatic heterocycles. The maximum absolute atomic E-state index is 12.7. The number of nitrogens with two attached hydrogens (primary N) is 1. The van der Waals surface area contributed by atoms with Crippen LogP contribution in [-0.4, -0.2) is 24.3 Å². The third-order valence-corrected chi connectivity index (χ3v) is 4.21.